The third-order valence-electron chi connectivity index (χ3n) is 4.76. The zero-order valence-electron chi connectivity index (χ0n) is 14.8. The molecule has 2 N–H and O–H groups in total. The van der Waals surface area contributed by atoms with Gasteiger partial charge in [-0.3, -0.25) is 4.79 Å². The molecule has 0 aliphatic heterocycles. The lowest BCUT2D eigenvalue weighted by Gasteiger charge is -2.06. The van der Waals surface area contributed by atoms with Crippen LogP contribution in [0.3, 0.4) is 0 Å². The number of nitrogens with one attached hydrogen (secondary N) is 2. The fourth-order valence-corrected chi connectivity index (χ4v) is 4.68. The highest BCUT2D eigenvalue weighted by Crippen LogP contribution is 2.32. The monoisotopic (exact) mass is 362 g/mol. The molecule has 4 heteroatoms. The molecule has 0 aliphatic rings. The maximum Gasteiger partial charge on any atom is 0.261 e. The molecule has 0 saturated carbocycles. The van der Waals surface area contributed by atoms with Crippen molar-refractivity contribution in [3.05, 3.63) is 70.7 Å². The van der Waals surface area contributed by atoms with Gasteiger partial charge in [-0.25, -0.2) is 0 Å². The second kappa shape index (κ2) is 7.34. The van der Waals surface area contributed by atoms with E-state index in [1.165, 1.54) is 26.6 Å². The summed E-state index contributed by atoms with van der Waals surface area (Å²) in [5, 5.41) is 5.57. The van der Waals surface area contributed by atoms with Gasteiger partial charge in [-0.2, -0.15) is 0 Å². The van der Waals surface area contributed by atoms with Gasteiger partial charge in [0.15, 0.2) is 0 Å². The van der Waals surface area contributed by atoms with Crippen LogP contribution >= 0.6 is 11.3 Å². The SMILES string of the molecule is CCCc1c(C(=O)NCCc2c[nH]c3ccccc23)sc2ccccc12. The van der Waals surface area contributed by atoms with Gasteiger partial charge in [0.25, 0.3) is 5.91 Å². The molecule has 0 spiro atoms. The second-order valence-corrected chi connectivity index (χ2v) is 7.57. The topological polar surface area (TPSA) is 44.9 Å². The predicted molar refractivity (Wildman–Crippen MR) is 110 cm³/mol. The van der Waals surface area contributed by atoms with Crippen molar-refractivity contribution < 1.29 is 4.79 Å². The fourth-order valence-electron chi connectivity index (χ4n) is 3.51. The number of rotatable bonds is 6. The highest BCUT2D eigenvalue weighted by molar-refractivity contribution is 7.21. The van der Waals surface area contributed by atoms with Gasteiger partial charge in [0.05, 0.1) is 4.88 Å². The Morgan fingerprint density at radius 2 is 1.81 bits per heavy atom. The Bertz CT molecular complexity index is 1060. The zero-order chi connectivity index (χ0) is 17.9. The number of aryl methyl sites for hydroxylation is 1. The number of carbonyl (C=O) groups excluding carboxylic acids is 1. The Balaban J connectivity index is 1.50. The van der Waals surface area contributed by atoms with Gasteiger partial charge < -0.3 is 10.3 Å². The summed E-state index contributed by atoms with van der Waals surface area (Å²) in [6.45, 7) is 2.80. The van der Waals surface area contributed by atoms with Crippen molar-refractivity contribution in [2.75, 3.05) is 6.54 Å². The highest BCUT2D eigenvalue weighted by Gasteiger charge is 2.17. The number of para-hydroxylation sites is 1. The molecule has 0 fully saturated rings. The van der Waals surface area contributed by atoms with Crippen LogP contribution in [0.5, 0.6) is 0 Å². The molecule has 4 rings (SSSR count). The molecule has 1 amide bonds. The molecule has 0 bridgehead atoms. The number of aromatic amines is 1. The maximum absolute atomic E-state index is 12.8. The summed E-state index contributed by atoms with van der Waals surface area (Å²) in [4.78, 5) is 17.0. The van der Waals surface area contributed by atoms with Crippen molar-refractivity contribution in [1.29, 1.82) is 0 Å². The van der Waals surface area contributed by atoms with Crippen LogP contribution < -0.4 is 5.32 Å². The molecule has 0 unspecified atom stereocenters. The van der Waals surface area contributed by atoms with Gasteiger partial charge >= 0.3 is 0 Å². The normalized spacial score (nSPS) is 11.3. The number of H-pyrrole nitrogens is 1. The number of hydrogen-bond donors (Lipinski definition) is 2. The smallest absolute Gasteiger partial charge is 0.261 e. The van der Waals surface area contributed by atoms with Crippen molar-refractivity contribution in [3.8, 4) is 0 Å². The van der Waals surface area contributed by atoms with Crippen LogP contribution in [0.4, 0.5) is 0 Å². The van der Waals surface area contributed by atoms with Gasteiger partial charge in [0.2, 0.25) is 0 Å². The van der Waals surface area contributed by atoms with Crippen molar-refractivity contribution in [2.45, 2.75) is 26.2 Å². The Hall–Kier alpha value is -2.59. The maximum atomic E-state index is 12.8. The van der Waals surface area contributed by atoms with Gasteiger partial charge in [-0.05, 0) is 41.5 Å². The second-order valence-electron chi connectivity index (χ2n) is 6.52. The third kappa shape index (κ3) is 3.13. The lowest BCUT2D eigenvalue weighted by atomic mass is 10.1. The van der Waals surface area contributed by atoms with E-state index in [-0.39, 0.29) is 5.91 Å². The van der Waals surface area contributed by atoms with E-state index < -0.39 is 0 Å². The van der Waals surface area contributed by atoms with E-state index in [2.05, 4.69) is 41.5 Å². The Morgan fingerprint density at radius 3 is 2.65 bits per heavy atom. The van der Waals surface area contributed by atoms with Crippen LogP contribution in [0.25, 0.3) is 21.0 Å². The van der Waals surface area contributed by atoms with Crippen LogP contribution in [-0.2, 0) is 12.8 Å². The van der Waals surface area contributed by atoms with Crippen LogP contribution in [0.15, 0.2) is 54.7 Å². The van der Waals surface area contributed by atoms with E-state index in [0.717, 1.165) is 29.7 Å². The number of thiophene rings is 1. The van der Waals surface area contributed by atoms with Gasteiger partial charge in [-0.15, -0.1) is 11.3 Å². The zero-order valence-corrected chi connectivity index (χ0v) is 15.7. The summed E-state index contributed by atoms with van der Waals surface area (Å²) in [5.74, 6) is 0.0505. The summed E-state index contributed by atoms with van der Waals surface area (Å²) in [6, 6.07) is 16.6. The van der Waals surface area contributed by atoms with Crippen molar-refractivity contribution in [1.82, 2.24) is 10.3 Å². The number of carbonyl (C=O) groups is 1. The largest absolute Gasteiger partial charge is 0.361 e. The minimum Gasteiger partial charge on any atom is -0.361 e. The van der Waals surface area contributed by atoms with E-state index in [4.69, 9.17) is 0 Å². The van der Waals surface area contributed by atoms with Crippen LogP contribution in [0.2, 0.25) is 0 Å². The van der Waals surface area contributed by atoms with Crippen LogP contribution in [0.1, 0.15) is 34.1 Å². The molecule has 2 heterocycles. The first-order valence-corrected chi connectivity index (χ1v) is 9.93. The predicted octanol–water partition coefficient (Wildman–Crippen LogP) is 5.31. The molecule has 0 saturated heterocycles. The van der Waals surface area contributed by atoms with Gasteiger partial charge in [-0.1, -0.05) is 49.7 Å². The minimum absolute atomic E-state index is 0.0505. The molecule has 26 heavy (non-hydrogen) atoms. The average molecular weight is 362 g/mol. The van der Waals surface area contributed by atoms with Crippen molar-refractivity contribution >= 4 is 38.2 Å². The molecule has 132 valence electrons. The standard InChI is InChI=1S/C22H22N2OS/c1-2-7-18-17-9-4-6-11-20(17)26-21(18)22(25)23-13-12-15-14-24-19-10-5-3-8-16(15)19/h3-6,8-11,14,24H,2,7,12-13H2,1H3,(H,23,25). The number of amides is 1. The number of hydrogen-bond acceptors (Lipinski definition) is 2. The van der Waals surface area contributed by atoms with Gasteiger partial charge in [0, 0.05) is 28.3 Å². The Morgan fingerprint density at radius 1 is 1.04 bits per heavy atom. The molecule has 0 aliphatic carbocycles. The molecule has 4 aromatic rings. The van der Waals surface area contributed by atoms with E-state index in [0.29, 0.717) is 6.54 Å². The van der Waals surface area contributed by atoms with Crippen molar-refractivity contribution in [3.63, 3.8) is 0 Å². The van der Waals surface area contributed by atoms with Crippen LogP contribution in [-0.4, -0.2) is 17.4 Å². The van der Waals surface area contributed by atoms with E-state index in [1.807, 2.05) is 30.5 Å². The first-order valence-electron chi connectivity index (χ1n) is 9.11. The number of aromatic nitrogens is 1. The quantitative estimate of drug-likeness (QED) is 0.480. The number of benzene rings is 2. The summed E-state index contributed by atoms with van der Waals surface area (Å²) in [7, 11) is 0. The molecule has 0 atom stereocenters. The fraction of sp³-hybridized carbons (Fsp3) is 0.227. The summed E-state index contributed by atoms with van der Waals surface area (Å²) < 4.78 is 1.19. The molecule has 0 radical (unpaired) electrons. The van der Waals surface area contributed by atoms with Crippen molar-refractivity contribution in [2.24, 2.45) is 0 Å². The van der Waals surface area contributed by atoms with E-state index >= 15 is 0 Å². The first kappa shape index (κ1) is 16.9. The molecular formula is C22H22N2OS. The molecule has 2 aromatic carbocycles. The van der Waals surface area contributed by atoms with E-state index in [9.17, 15) is 4.79 Å². The van der Waals surface area contributed by atoms with E-state index in [1.54, 1.807) is 11.3 Å². The Kier molecular flexibility index (Phi) is 4.76. The highest BCUT2D eigenvalue weighted by atomic mass is 32.1. The lowest BCUT2D eigenvalue weighted by molar-refractivity contribution is 0.0957. The molecule has 2 aromatic heterocycles. The summed E-state index contributed by atoms with van der Waals surface area (Å²) in [5.41, 5.74) is 3.58. The average Bonchev–Trinajstić information content (AvgIpc) is 3.24. The third-order valence-corrected chi connectivity index (χ3v) is 5.97. The van der Waals surface area contributed by atoms with Gasteiger partial charge in [0.1, 0.15) is 0 Å². The molecule has 3 nitrogen and oxygen atoms in total. The number of fused-ring (bicyclic) bond motifs is 2. The lowest BCUT2D eigenvalue weighted by Crippen LogP contribution is -2.25. The summed E-state index contributed by atoms with van der Waals surface area (Å²) >= 11 is 1.60. The Labute approximate surface area is 157 Å². The van der Waals surface area contributed by atoms with Crippen LogP contribution in [0, 0.1) is 0 Å². The first-order chi connectivity index (χ1) is 12.8. The molecular weight excluding hydrogens is 340 g/mol. The summed E-state index contributed by atoms with van der Waals surface area (Å²) in [6.07, 6.45) is 4.84. The minimum atomic E-state index is 0.0505.